The van der Waals surface area contributed by atoms with E-state index < -0.39 is 35.2 Å². The second-order valence-electron chi connectivity index (χ2n) is 7.04. The van der Waals surface area contributed by atoms with E-state index in [0.29, 0.717) is 5.75 Å². The number of halogens is 2. The lowest BCUT2D eigenvalue weighted by Gasteiger charge is -2.23. The minimum atomic E-state index is -1.79. The van der Waals surface area contributed by atoms with Gasteiger partial charge in [-0.25, -0.2) is 13.6 Å². The number of hydrogen-bond acceptors (Lipinski definition) is 5. The van der Waals surface area contributed by atoms with Gasteiger partial charge in [0.05, 0.1) is 19.0 Å². The first kappa shape index (κ1) is 21.2. The highest BCUT2D eigenvalue weighted by Gasteiger charge is 2.50. The van der Waals surface area contributed by atoms with E-state index in [2.05, 4.69) is 5.32 Å². The molecule has 1 aliphatic rings. The molecule has 2 aromatic carbocycles. The molecule has 2 N–H and O–H groups in total. The Hall–Kier alpha value is -3.51. The molecule has 0 aromatic heterocycles. The van der Waals surface area contributed by atoms with Crippen LogP contribution in [0.15, 0.2) is 42.5 Å². The highest BCUT2D eigenvalue weighted by atomic mass is 19.1. The summed E-state index contributed by atoms with van der Waals surface area (Å²) >= 11 is 0. The third kappa shape index (κ3) is 4.23. The Kier molecular flexibility index (Phi) is 5.99. The summed E-state index contributed by atoms with van der Waals surface area (Å²) in [5.74, 6) is -1.95. The van der Waals surface area contributed by atoms with E-state index in [4.69, 9.17) is 10.00 Å². The fraction of sp³-hybridized carbons (Fsp3) is 0.286. The summed E-state index contributed by atoms with van der Waals surface area (Å²) in [5, 5.41) is 21.2. The van der Waals surface area contributed by atoms with Crippen molar-refractivity contribution < 1.29 is 28.2 Å². The molecule has 2 aromatic rings. The van der Waals surface area contributed by atoms with Crippen molar-refractivity contribution in [1.82, 2.24) is 10.2 Å². The Labute approximate surface area is 171 Å². The smallest absolute Gasteiger partial charge is 0.325 e. The maximum Gasteiger partial charge on any atom is 0.325 e. The van der Waals surface area contributed by atoms with E-state index in [9.17, 15) is 23.5 Å². The molecule has 0 saturated carbocycles. The standard InChI is InChI=1S/C21H19F2N3O4/c1-21(17-10-14(22)4-7-18(17)23)19(28)26(20(29)25-21)11-15(27)12-30-16-5-2-13(3-6-16)8-9-24/h2-7,10,15,27H,8,11-12H2,1H3,(H,25,29)/t15-,21-/m0/s1. The predicted molar refractivity (Wildman–Crippen MR) is 101 cm³/mol. The van der Waals surface area contributed by atoms with E-state index in [1.165, 1.54) is 6.92 Å². The monoisotopic (exact) mass is 415 g/mol. The Morgan fingerprint density at radius 1 is 1.23 bits per heavy atom. The predicted octanol–water partition coefficient (Wildman–Crippen LogP) is 2.24. The van der Waals surface area contributed by atoms with Gasteiger partial charge in [0.15, 0.2) is 0 Å². The van der Waals surface area contributed by atoms with Crippen molar-refractivity contribution in [2.45, 2.75) is 25.0 Å². The number of β-amino-alcohol motifs (C(OH)–C–C–N with tert-alkyl or cyclic N) is 1. The highest BCUT2D eigenvalue weighted by molar-refractivity contribution is 6.07. The number of nitrogens with zero attached hydrogens (tertiary/aromatic N) is 2. The van der Waals surface area contributed by atoms with Gasteiger partial charge in [-0.1, -0.05) is 12.1 Å². The minimum absolute atomic E-state index is 0.209. The summed E-state index contributed by atoms with van der Waals surface area (Å²) < 4.78 is 33.2. The molecule has 3 rings (SSSR count). The fourth-order valence-electron chi connectivity index (χ4n) is 3.18. The van der Waals surface area contributed by atoms with Gasteiger partial charge in [-0.15, -0.1) is 0 Å². The van der Waals surface area contributed by atoms with Gasteiger partial charge in [-0.05, 0) is 42.8 Å². The molecule has 0 unspecified atom stereocenters. The molecule has 1 heterocycles. The van der Waals surface area contributed by atoms with Crippen molar-refractivity contribution >= 4 is 11.9 Å². The molecule has 7 nitrogen and oxygen atoms in total. The molecule has 0 bridgehead atoms. The molecule has 2 atom stereocenters. The van der Waals surface area contributed by atoms with Crippen LogP contribution < -0.4 is 10.1 Å². The molecule has 3 amide bonds. The lowest BCUT2D eigenvalue weighted by atomic mass is 9.91. The number of nitrogens with one attached hydrogen (secondary N) is 1. The summed E-state index contributed by atoms with van der Waals surface area (Å²) in [7, 11) is 0. The maximum atomic E-state index is 14.2. The molecule has 9 heteroatoms. The van der Waals surface area contributed by atoms with Crippen LogP contribution in [-0.4, -0.2) is 41.2 Å². The van der Waals surface area contributed by atoms with Crippen molar-refractivity contribution in [2.75, 3.05) is 13.2 Å². The molecule has 156 valence electrons. The molecule has 1 aliphatic heterocycles. The lowest BCUT2D eigenvalue weighted by Crippen LogP contribution is -2.43. The number of amides is 3. The molecular formula is C21H19F2N3O4. The van der Waals surface area contributed by atoms with Gasteiger partial charge in [0.1, 0.15) is 35.6 Å². The van der Waals surface area contributed by atoms with Crippen LogP contribution in [0.25, 0.3) is 0 Å². The molecule has 1 saturated heterocycles. The Morgan fingerprint density at radius 3 is 2.60 bits per heavy atom. The van der Waals surface area contributed by atoms with E-state index in [0.717, 1.165) is 28.7 Å². The number of carbonyl (C=O) groups excluding carboxylic acids is 2. The van der Waals surface area contributed by atoms with Crippen LogP contribution in [0.4, 0.5) is 13.6 Å². The highest BCUT2D eigenvalue weighted by Crippen LogP contribution is 2.31. The van der Waals surface area contributed by atoms with Crippen LogP contribution in [0, 0.1) is 23.0 Å². The summed E-state index contributed by atoms with van der Waals surface area (Å²) in [6.07, 6.45) is -0.946. The summed E-state index contributed by atoms with van der Waals surface area (Å²) in [6, 6.07) is 10.5. The first-order chi connectivity index (χ1) is 14.2. The molecule has 30 heavy (non-hydrogen) atoms. The fourth-order valence-corrected chi connectivity index (χ4v) is 3.18. The molecule has 0 aliphatic carbocycles. The Morgan fingerprint density at radius 2 is 1.93 bits per heavy atom. The number of aliphatic hydroxyl groups is 1. The quantitative estimate of drug-likeness (QED) is 0.676. The zero-order valence-corrected chi connectivity index (χ0v) is 16.1. The number of hydrogen-bond donors (Lipinski definition) is 2. The number of imide groups is 1. The number of nitriles is 1. The number of rotatable bonds is 7. The van der Waals surface area contributed by atoms with E-state index >= 15 is 0 Å². The minimum Gasteiger partial charge on any atom is -0.491 e. The number of urea groups is 1. The zero-order valence-electron chi connectivity index (χ0n) is 16.1. The van der Waals surface area contributed by atoms with Crippen molar-refractivity contribution in [3.8, 4) is 11.8 Å². The third-order valence-electron chi connectivity index (χ3n) is 4.78. The van der Waals surface area contributed by atoms with Gasteiger partial charge in [0.2, 0.25) is 0 Å². The Balaban J connectivity index is 1.65. The first-order valence-corrected chi connectivity index (χ1v) is 9.11. The van der Waals surface area contributed by atoms with Crippen LogP contribution in [-0.2, 0) is 16.8 Å². The van der Waals surface area contributed by atoms with Gasteiger partial charge in [-0.2, -0.15) is 5.26 Å². The van der Waals surface area contributed by atoms with Crippen LogP contribution in [0.3, 0.4) is 0 Å². The van der Waals surface area contributed by atoms with E-state index in [-0.39, 0.29) is 25.1 Å². The number of benzene rings is 2. The molecule has 0 spiro atoms. The van der Waals surface area contributed by atoms with Crippen LogP contribution in [0.5, 0.6) is 5.75 Å². The maximum absolute atomic E-state index is 14.2. The number of carbonyl (C=O) groups is 2. The summed E-state index contributed by atoms with van der Waals surface area (Å²) in [4.78, 5) is 25.8. The third-order valence-corrected chi connectivity index (χ3v) is 4.78. The van der Waals surface area contributed by atoms with Gasteiger partial charge in [-0.3, -0.25) is 9.69 Å². The number of aliphatic hydroxyl groups excluding tert-OH is 1. The molecule has 1 fully saturated rings. The van der Waals surface area contributed by atoms with Crippen molar-refractivity contribution in [3.05, 3.63) is 65.2 Å². The SMILES string of the molecule is C[C@@]1(c2cc(F)ccc2F)NC(=O)N(C[C@H](O)COc2ccc(CC#N)cc2)C1=O. The lowest BCUT2D eigenvalue weighted by molar-refractivity contribution is -0.132. The van der Waals surface area contributed by atoms with Gasteiger partial charge in [0, 0.05) is 5.56 Å². The van der Waals surface area contributed by atoms with Crippen LogP contribution in [0.1, 0.15) is 18.1 Å². The van der Waals surface area contributed by atoms with E-state index in [1.807, 2.05) is 6.07 Å². The van der Waals surface area contributed by atoms with Gasteiger partial charge >= 0.3 is 6.03 Å². The normalized spacial score (nSPS) is 19.4. The summed E-state index contributed by atoms with van der Waals surface area (Å²) in [6.45, 7) is 0.681. The average Bonchev–Trinajstić information content (AvgIpc) is 2.93. The Bertz CT molecular complexity index is 1010. The van der Waals surface area contributed by atoms with Crippen molar-refractivity contribution in [3.63, 3.8) is 0 Å². The first-order valence-electron chi connectivity index (χ1n) is 9.11. The largest absolute Gasteiger partial charge is 0.491 e. The van der Waals surface area contributed by atoms with Gasteiger partial charge in [0.25, 0.3) is 5.91 Å². The second kappa shape index (κ2) is 8.47. The van der Waals surface area contributed by atoms with Crippen LogP contribution >= 0.6 is 0 Å². The second-order valence-corrected chi connectivity index (χ2v) is 7.04. The zero-order chi connectivity index (χ0) is 21.9. The van der Waals surface area contributed by atoms with Crippen molar-refractivity contribution in [2.24, 2.45) is 0 Å². The van der Waals surface area contributed by atoms with Gasteiger partial charge < -0.3 is 15.2 Å². The average molecular weight is 415 g/mol. The van der Waals surface area contributed by atoms with E-state index in [1.54, 1.807) is 24.3 Å². The van der Waals surface area contributed by atoms with Crippen molar-refractivity contribution in [1.29, 1.82) is 5.26 Å². The summed E-state index contributed by atoms with van der Waals surface area (Å²) in [5.41, 5.74) is -1.28. The molecule has 0 radical (unpaired) electrons. The van der Waals surface area contributed by atoms with Crippen LogP contribution in [0.2, 0.25) is 0 Å². The topological polar surface area (TPSA) is 103 Å². The number of ether oxygens (including phenoxy) is 1. The molecular weight excluding hydrogens is 396 g/mol.